The molecule has 0 atom stereocenters. The van der Waals surface area contributed by atoms with E-state index in [2.05, 4.69) is 196 Å². The van der Waals surface area contributed by atoms with E-state index in [1.54, 1.807) is 0 Å². The van der Waals surface area contributed by atoms with E-state index in [4.69, 9.17) is 15.0 Å². The highest BCUT2D eigenvalue weighted by Gasteiger charge is 2.35. The fraction of sp³-hybridized carbons (Fsp3) is 0.0556. The molecular weight excluding hydrogens is 691 g/mol. The molecule has 11 rings (SSSR count). The highest BCUT2D eigenvalue weighted by atomic mass is 15.0. The van der Waals surface area contributed by atoms with Gasteiger partial charge in [-0.15, -0.1) is 0 Å². The maximum atomic E-state index is 5.25. The Morgan fingerprint density at radius 1 is 0.281 bits per heavy atom. The van der Waals surface area contributed by atoms with Crippen LogP contribution in [0.2, 0.25) is 0 Å². The Kier molecular flexibility index (Phi) is 7.52. The molecule has 3 heteroatoms. The second-order valence-electron chi connectivity index (χ2n) is 15.6. The highest BCUT2D eigenvalue weighted by molar-refractivity contribution is 6.25. The molecule has 1 aliphatic rings. The van der Waals surface area contributed by atoms with Crippen LogP contribution in [0.1, 0.15) is 25.0 Å². The summed E-state index contributed by atoms with van der Waals surface area (Å²) in [6, 6.07) is 67.3. The van der Waals surface area contributed by atoms with E-state index >= 15 is 0 Å². The minimum absolute atomic E-state index is 0.0800. The third-order valence-electron chi connectivity index (χ3n) is 11.9. The highest BCUT2D eigenvalue weighted by Crippen LogP contribution is 2.49. The molecule has 0 saturated heterocycles. The van der Waals surface area contributed by atoms with Crippen molar-refractivity contribution in [3.05, 3.63) is 199 Å². The van der Waals surface area contributed by atoms with E-state index in [1.165, 1.54) is 60.1 Å². The lowest BCUT2D eigenvalue weighted by atomic mass is 9.81. The first-order valence-corrected chi connectivity index (χ1v) is 19.6. The van der Waals surface area contributed by atoms with Crippen LogP contribution in [0.3, 0.4) is 0 Å². The molecule has 0 radical (unpaired) electrons. The van der Waals surface area contributed by atoms with Crippen LogP contribution in [0.4, 0.5) is 0 Å². The van der Waals surface area contributed by atoms with Crippen LogP contribution in [0.5, 0.6) is 0 Å². The summed E-state index contributed by atoms with van der Waals surface area (Å²) in [5.41, 5.74) is 12.7. The minimum Gasteiger partial charge on any atom is -0.208 e. The minimum atomic E-state index is -0.0800. The van der Waals surface area contributed by atoms with E-state index < -0.39 is 0 Å². The zero-order valence-electron chi connectivity index (χ0n) is 31.7. The SMILES string of the molecule is CC1(C)c2ccccc2-c2ccc(-c3cccc(-c4nc(-c5cccc(-c6ccccc6)c5)nc(-c5ccc6c7ccccc7c7ccccc7c6c5)n4)c3)cc21. The fourth-order valence-corrected chi connectivity index (χ4v) is 9.00. The smallest absolute Gasteiger partial charge is 0.164 e. The standard InChI is InChI=1S/C54H37N3/c1-54(2)49-25-11-10-24-46(49)47-29-26-37(33-50(47)54)36-17-13-19-39(31-36)52-55-51(38-18-12-16-35(30-38)34-14-4-3-5-15-34)56-53(57-52)40-27-28-45-43-22-7-6-20-41(43)42-21-8-9-23-44(42)48(45)32-40/h3-33H,1-2H3. The molecule has 9 aromatic carbocycles. The van der Waals surface area contributed by atoms with Crippen LogP contribution in [0, 0.1) is 0 Å². The van der Waals surface area contributed by atoms with Gasteiger partial charge in [0.1, 0.15) is 0 Å². The van der Waals surface area contributed by atoms with E-state index in [0.717, 1.165) is 33.4 Å². The van der Waals surface area contributed by atoms with Gasteiger partial charge in [0.05, 0.1) is 0 Å². The molecule has 1 heterocycles. The Labute approximate surface area is 332 Å². The molecule has 0 spiro atoms. The molecule has 1 aliphatic carbocycles. The van der Waals surface area contributed by atoms with E-state index in [1.807, 2.05) is 6.07 Å². The van der Waals surface area contributed by atoms with Crippen molar-refractivity contribution in [1.29, 1.82) is 0 Å². The molecule has 3 nitrogen and oxygen atoms in total. The van der Waals surface area contributed by atoms with Crippen LogP contribution in [-0.2, 0) is 5.41 Å². The van der Waals surface area contributed by atoms with Gasteiger partial charge in [-0.25, -0.2) is 15.0 Å². The van der Waals surface area contributed by atoms with Gasteiger partial charge in [-0.05, 0) is 101 Å². The topological polar surface area (TPSA) is 38.7 Å². The summed E-state index contributed by atoms with van der Waals surface area (Å²) < 4.78 is 0. The van der Waals surface area contributed by atoms with Crippen LogP contribution < -0.4 is 0 Å². The molecule has 0 N–H and O–H groups in total. The summed E-state index contributed by atoms with van der Waals surface area (Å²) in [5.74, 6) is 1.92. The summed E-state index contributed by atoms with van der Waals surface area (Å²) >= 11 is 0. The number of fused-ring (bicyclic) bond motifs is 9. The molecule has 0 unspecified atom stereocenters. The average Bonchev–Trinajstić information content (AvgIpc) is 3.51. The Hall–Kier alpha value is -7.23. The van der Waals surface area contributed by atoms with Gasteiger partial charge in [0.2, 0.25) is 0 Å². The molecule has 0 aliphatic heterocycles. The largest absolute Gasteiger partial charge is 0.208 e. The first kappa shape index (κ1) is 33.1. The van der Waals surface area contributed by atoms with Crippen molar-refractivity contribution < 1.29 is 0 Å². The van der Waals surface area contributed by atoms with E-state index in [-0.39, 0.29) is 5.41 Å². The molecule has 0 amide bonds. The van der Waals surface area contributed by atoms with Gasteiger partial charge in [-0.1, -0.05) is 178 Å². The molecule has 0 saturated carbocycles. The van der Waals surface area contributed by atoms with Crippen molar-refractivity contribution in [3.8, 4) is 67.5 Å². The lowest BCUT2D eigenvalue weighted by Crippen LogP contribution is -2.14. The molecular formula is C54H37N3. The number of benzene rings is 9. The predicted octanol–water partition coefficient (Wildman–Crippen LogP) is 14.0. The van der Waals surface area contributed by atoms with Gasteiger partial charge in [-0.3, -0.25) is 0 Å². The molecule has 1 aromatic heterocycles. The lowest BCUT2D eigenvalue weighted by molar-refractivity contribution is 0.660. The summed E-state index contributed by atoms with van der Waals surface area (Å²) in [5, 5.41) is 7.34. The molecule has 268 valence electrons. The van der Waals surface area contributed by atoms with Gasteiger partial charge >= 0.3 is 0 Å². The first-order chi connectivity index (χ1) is 28.0. The number of rotatable bonds is 5. The second-order valence-corrected chi connectivity index (χ2v) is 15.6. The van der Waals surface area contributed by atoms with E-state index in [0.29, 0.717) is 17.5 Å². The van der Waals surface area contributed by atoms with Crippen LogP contribution in [0.25, 0.3) is 99.9 Å². The van der Waals surface area contributed by atoms with Crippen LogP contribution >= 0.6 is 0 Å². The van der Waals surface area contributed by atoms with Crippen LogP contribution in [0.15, 0.2) is 188 Å². The Morgan fingerprint density at radius 2 is 0.702 bits per heavy atom. The number of aromatic nitrogens is 3. The first-order valence-electron chi connectivity index (χ1n) is 19.6. The average molecular weight is 728 g/mol. The maximum absolute atomic E-state index is 5.25. The van der Waals surface area contributed by atoms with E-state index in [9.17, 15) is 0 Å². The third kappa shape index (κ3) is 5.46. The van der Waals surface area contributed by atoms with Crippen LogP contribution in [-0.4, -0.2) is 15.0 Å². The summed E-state index contributed by atoms with van der Waals surface area (Å²) in [4.78, 5) is 15.7. The van der Waals surface area contributed by atoms with Gasteiger partial charge in [0, 0.05) is 22.1 Å². The molecule has 57 heavy (non-hydrogen) atoms. The lowest BCUT2D eigenvalue weighted by Gasteiger charge is -2.22. The van der Waals surface area contributed by atoms with Crippen molar-refractivity contribution in [1.82, 2.24) is 15.0 Å². The zero-order chi connectivity index (χ0) is 38.1. The summed E-state index contributed by atoms with van der Waals surface area (Å²) in [6.45, 7) is 4.66. The molecule has 0 bridgehead atoms. The summed E-state index contributed by atoms with van der Waals surface area (Å²) in [7, 11) is 0. The van der Waals surface area contributed by atoms with Crippen molar-refractivity contribution >= 4 is 32.3 Å². The Bertz CT molecular complexity index is 3180. The monoisotopic (exact) mass is 727 g/mol. The van der Waals surface area contributed by atoms with Gasteiger partial charge in [-0.2, -0.15) is 0 Å². The predicted molar refractivity (Wildman–Crippen MR) is 237 cm³/mol. The number of hydrogen-bond acceptors (Lipinski definition) is 3. The van der Waals surface area contributed by atoms with Gasteiger partial charge in [0.15, 0.2) is 17.5 Å². The summed E-state index contributed by atoms with van der Waals surface area (Å²) in [6.07, 6.45) is 0. The fourth-order valence-electron chi connectivity index (χ4n) is 9.00. The van der Waals surface area contributed by atoms with Gasteiger partial charge < -0.3 is 0 Å². The second kappa shape index (κ2) is 12.9. The van der Waals surface area contributed by atoms with Gasteiger partial charge in [0.25, 0.3) is 0 Å². The Morgan fingerprint density at radius 3 is 1.33 bits per heavy atom. The normalized spacial score (nSPS) is 12.9. The maximum Gasteiger partial charge on any atom is 0.164 e. The Balaban J connectivity index is 1.08. The van der Waals surface area contributed by atoms with Crippen molar-refractivity contribution in [2.75, 3.05) is 0 Å². The zero-order valence-corrected chi connectivity index (χ0v) is 31.7. The van der Waals surface area contributed by atoms with Crippen molar-refractivity contribution in [2.45, 2.75) is 19.3 Å². The molecule has 0 fully saturated rings. The molecule has 10 aromatic rings. The quantitative estimate of drug-likeness (QED) is 0.166. The van der Waals surface area contributed by atoms with Crippen molar-refractivity contribution in [2.24, 2.45) is 0 Å². The third-order valence-corrected chi connectivity index (χ3v) is 11.9. The van der Waals surface area contributed by atoms with Crippen molar-refractivity contribution in [3.63, 3.8) is 0 Å². The number of nitrogens with zero attached hydrogens (tertiary/aromatic N) is 3. The number of hydrogen-bond donors (Lipinski definition) is 0.